The van der Waals surface area contributed by atoms with Gasteiger partial charge in [-0.1, -0.05) is 5.21 Å². The van der Waals surface area contributed by atoms with E-state index in [-0.39, 0.29) is 11.6 Å². The molecule has 2 aromatic heterocycles. The predicted octanol–water partition coefficient (Wildman–Crippen LogP) is 0.647. The van der Waals surface area contributed by atoms with Crippen LogP contribution in [-0.2, 0) is 6.54 Å². The lowest BCUT2D eigenvalue weighted by Crippen LogP contribution is -2.13. The molecular formula is C10H11BrN6O. The van der Waals surface area contributed by atoms with Crippen LogP contribution < -0.4 is 11.1 Å². The van der Waals surface area contributed by atoms with Crippen LogP contribution in [0.3, 0.4) is 0 Å². The minimum Gasteiger partial charge on any atom is -0.329 e. The molecule has 0 atom stereocenters. The van der Waals surface area contributed by atoms with E-state index in [4.69, 9.17) is 5.73 Å². The van der Waals surface area contributed by atoms with E-state index in [1.165, 1.54) is 4.68 Å². The second-order valence-corrected chi connectivity index (χ2v) is 4.29. The van der Waals surface area contributed by atoms with E-state index in [2.05, 4.69) is 36.5 Å². The number of hydrogen-bond donors (Lipinski definition) is 2. The number of nitrogens with zero attached hydrogens (tertiary/aromatic N) is 4. The molecule has 0 aliphatic carbocycles. The van der Waals surface area contributed by atoms with E-state index in [9.17, 15) is 4.79 Å². The Morgan fingerprint density at radius 2 is 2.33 bits per heavy atom. The van der Waals surface area contributed by atoms with Gasteiger partial charge in [0.1, 0.15) is 4.60 Å². The fraction of sp³-hybridized carbons (Fsp3) is 0.200. The van der Waals surface area contributed by atoms with Gasteiger partial charge in [0.2, 0.25) is 0 Å². The van der Waals surface area contributed by atoms with Crippen LogP contribution in [0.4, 0.5) is 5.69 Å². The molecule has 0 aliphatic heterocycles. The molecular weight excluding hydrogens is 300 g/mol. The summed E-state index contributed by atoms with van der Waals surface area (Å²) in [6, 6.07) is 3.47. The monoisotopic (exact) mass is 310 g/mol. The van der Waals surface area contributed by atoms with E-state index < -0.39 is 0 Å². The maximum Gasteiger partial charge on any atom is 0.277 e. The lowest BCUT2D eigenvalue weighted by Gasteiger charge is -2.01. The molecule has 0 aromatic carbocycles. The maximum absolute atomic E-state index is 11.8. The molecule has 0 radical (unpaired) electrons. The number of amides is 1. The van der Waals surface area contributed by atoms with Crippen LogP contribution in [0.5, 0.6) is 0 Å². The van der Waals surface area contributed by atoms with Crippen molar-refractivity contribution < 1.29 is 4.79 Å². The first-order valence-electron chi connectivity index (χ1n) is 5.22. The molecule has 0 fully saturated rings. The fourth-order valence-electron chi connectivity index (χ4n) is 1.29. The Labute approximate surface area is 112 Å². The van der Waals surface area contributed by atoms with E-state index >= 15 is 0 Å². The van der Waals surface area contributed by atoms with Gasteiger partial charge in [-0.25, -0.2) is 4.98 Å². The van der Waals surface area contributed by atoms with Gasteiger partial charge in [0.15, 0.2) is 5.69 Å². The number of carbonyl (C=O) groups is 1. The highest BCUT2D eigenvalue weighted by Crippen LogP contribution is 2.11. The maximum atomic E-state index is 11.8. The van der Waals surface area contributed by atoms with Gasteiger partial charge in [-0.3, -0.25) is 9.48 Å². The Kier molecular flexibility index (Phi) is 4.00. The fourth-order valence-corrected chi connectivity index (χ4v) is 1.52. The van der Waals surface area contributed by atoms with E-state index in [1.807, 2.05) is 0 Å². The number of nitrogens with one attached hydrogen (secondary N) is 1. The molecule has 0 bridgehead atoms. The van der Waals surface area contributed by atoms with Crippen molar-refractivity contribution in [3.63, 3.8) is 0 Å². The number of halogens is 1. The molecule has 0 spiro atoms. The highest BCUT2D eigenvalue weighted by atomic mass is 79.9. The number of pyridine rings is 1. The van der Waals surface area contributed by atoms with Crippen molar-refractivity contribution in [3.05, 3.63) is 34.8 Å². The van der Waals surface area contributed by atoms with Crippen LogP contribution in [0, 0.1) is 0 Å². The predicted molar refractivity (Wildman–Crippen MR) is 69.0 cm³/mol. The number of nitrogens with two attached hydrogens (primary N) is 1. The highest BCUT2D eigenvalue weighted by Gasteiger charge is 2.10. The normalized spacial score (nSPS) is 10.3. The Balaban J connectivity index is 2.04. The smallest absolute Gasteiger partial charge is 0.277 e. The molecule has 8 heteroatoms. The van der Waals surface area contributed by atoms with Crippen LogP contribution in [0.15, 0.2) is 29.1 Å². The van der Waals surface area contributed by atoms with Gasteiger partial charge in [-0.05, 0) is 28.1 Å². The Bertz CT molecular complexity index is 538. The van der Waals surface area contributed by atoms with E-state index in [1.54, 1.807) is 24.5 Å². The molecule has 1 amide bonds. The molecule has 0 saturated heterocycles. The van der Waals surface area contributed by atoms with Gasteiger partial charge in [0, 0.05) is 6.54 Å². The SMILES string of the molecule is NCCn1cc(C(=O)Nc2ccc(Br)nc2)nn1. The molecule has 18 heavy (non-hydrogen) atoms. The van der Waals surface area contributed by atoms with Gasteiger partial charge in [0.05, 0.1) is 24.6 Å². The van der Waals surface area contributed by atoms with Crippen LogP contribution >= 0.6 is 15.9 Å². The van der Waals surface area contributed by atoms with Crippen molar-refractivity contribution in [2.24, 2.45) is 5.73 Å². The molecule has 0 saturated carbocycles. The molecule has 2 aromatic rings. The van der Waals surface area contributed by atoms with Gasteiger partial charge in [-0.2, -0.15) is 0 Å². The summed E-state index contributed by atoms with van der Waals surface area (Å²) < 4.78 is 2.23. The summed E-state index contributed by atoms with van der Waals surface area (Å²) in [7, 11) is 0. The third-order valence-electron chi connectivity index (χ3n) is 2.11. The molecule has 2 rings (SSSR count). The zero-order chi connectivity index (χ0) is 13.0. The van der Waals surface area contributed by atoms with Crippen molar-refractivity contribution in [2.45, 2.75) is 6.54 Å². The highest BCUT2D eigenvalue weighted by molar-refractivity contribution is 9.10. The van der Waals surface area contributed by atoms with Gasteiger partial charge in [-0.15, -0.1) is 5.10 Å². The van der Waals surface area contributed by atoms with Crippen molar-refractivity contribution in [1.82, 2.24) is 20.0 Å². The first-order valence-corrected chi connectivity index (χ1v) is 6.01. The summed E-state index contributed by atoms with van der Waals surface area (Å²) in [5, 5.41) is 10.2. The van der Waals surface area contributed by atoms with Gasteiger partial charge in [0.25, 0.3) is 5.91 Å². The third kappa shape index (κ3) is 3.11. The molecule has 7 nitrogen and oxygen atoms in total. The summed E-state index contributed by atoms with van der Waals surface area (Å²) in [5.41, 5.74) is 6.22. The van der Waals surface area contributed by atoms with Crippen LogP contribution in [-0.4, -0.2) is 32.4 Å². The second kappa shape index (κ2) is 5.69. The molecule has 0 unspecified atom stereocenters. The summed E-state index contributed by atoms with van der Waals surface area (Å²) >= 11 is 3.22. The van der Waals surface area contributed by atoms with Crippen LogP contribution in [0.2, 0.25) is 0 Å². The van der Waals surface area contributed by atoms with Crippen LogP contribution in [0.25, 0.3) is 0 Å². The average molecular weight is 311 g/mol. The van der Waals surface area contributed by atoms with Crippen molar-refractivity contribution >= 4 is 27.5 Å². The number of carbonyl (C=O) groups excluding carboxylic acids is 1. The second-order valence-electron chi connectivity index (χ2n) is 3.48. The lowest BCUT2D eigenvalue weighted by molar-refractivity contribution is 0.102. The minimum absolute atomic E-state index is 0.242. The van der Waals surface area contributed by atoms with Gasteiger partial charge < -0.3 is 11.1 Å². The van der Waals surface area contributed by atoms with E-state index in [0.29, 0.717) is 23.4 Å². The van der Waals surface area contributed by atoms with E-state index in [0.717, 1.165) is 0 Å². The number of anilines is 1. The molecule has 0 aliphatic rings. The molecule has 3 N–H and O–H groups in total. The minimum atomic E-state index is -0.331. The van der Waals surface area contributed by atoms with Crippen molar-refractivity contribution in [3.8, 4) is 0 Å². The Morgan fingerprint density at radius 1 is 1.50 bits per heavy atom. The topological polar surface area (TPSA) is 98.7 Å². The largest absolute Gasteiger partial charge is 0.329 e. The van der Waals surface area contributed by atoms with Gasteiger partial charge >= 0.3 is 0 Å². The summed E-state index contributed by atoms with van der Waals surface area (Å²) in [5.74, 6) is -0.331. The number of hydrogen-bond acceptors (Lipinski definition) is 5. The number of aromatic nitrogens is 4. The average Bonchev–Trinajstić information content (AvgIpc) is 2.81. The summed E-state index contributed by atoms with van der Waals surface area (Å²) in [6.45, 7) is 0.973. The first-order chi connectivity index (χ1) is 8.69. The van der Waals surface area contributed by atoms with Crippen LogP contribution in [0.1, 0.15) is 10.5 Å². The zero-order valence-electron chi connectivity index (χ0n) is 9.38. The zero-order valence-corrected chi connectivity index (χ0v) is 11.0. The first kappa shape index (κ1) is 12.7. The van der Waals surface area contributed by atoms with Crippen molar-refractivity contribution in [1.29, 1.82) is 0 Å². The van der Waals surface area contributed by atoms with Crippen molar-refractivity contribution in [2.75, 3.05) is 11.9 Å². The lowest BCUT2D eigenvalue weighted by atomic mass is 10.4. The Morgan fingerprint density at radius 3 is 3.00 bits per heavy atom. The Hall–Kier alpha value is -1.80. The summed E-state index contributed by atoms with van der Waals surface area (Å²) in [6.07, 6.45) is 3.10. The molecule has 2 heterocycles. The quantitative estimate of drug-likeness (QED) is 0.808. The standard InChI is InChI=1S/C10H11BrN6O/c11-9-2-1-7(5-13-9)14-10(18)8-6-17(4-3-12)16-15-8/h1-2,5-6H,3-4,12H2,(H,14,18). The summed E-state index contributed by atoms with van der Waals surface area (Å²) in [4.78, 5) is 15.8. The molecule has 94 valence electrons. The number of rotatable bonds is 4. The third-order valence-corrected chi connectivity index (χ3v) is 2.58.